The Morgan fingerprint density at radius 2 is 1.48 bits per heavy atom. The van der Waals surface area contributed by atoms with Crippen molar-refractivity contribution >= 4 is 46.4 Å². The van der Waals surface area contributed by atoms with Gasteiger partial charge in [-0.15, -0.1) is 0 Å². The predicted molar refractivity (Wildman–Crippen MR) is 91.7 cm³/mol. The van der Waals surface area contributed by atoms with Crippen LogP contribution in [0.5, 0.6) is 0 Å². The van der Waals surface area contributed by atoms with E-state index in [0.29, 0.717) is 10.7 Å². The minimum absolute atomic E-state index is 0.201. The molecule has 2 aromatic rings. The van der Waals surface area contributed by atoms with Crippen LogP contribution in [0.2, 0.25) is 10.0 Å². The number of halogens is 4. The van der Waals surface area contributed by atoms with E-state index in [9.17, 15) is 18.4 Å². The van der Waals surface area contributed by atoms with Gasteiger partial charge in [0.2, 0.25) is 11.8 Å². The first kappa shape index (κ1) is 17.6. The van der Waals surface area contributed by atoms with E-state index in [2.05, 4.69) is 10.6 Å². The number of nitrogens with one attached hydrogen (secondary N) is 2. The average Bonchev–Trinajstić information content (AvgIpc) is 3.36. The van der Waals surface area contributed by atoms with Crippen molar-refractivity contribution in [3.8, 4) is 0 Å². The summed E-state index contributed by atoms with van der Waals surface area (Å²) in [6.45, 7) is 0. The molecule has 2 unspecified atom stereocenters. The third-order valence-corrected chi connectivity index (χ3v) is 4.70. The molecular formula is C17H12Cl2F2N2O2. The molecule has 0 heterocycles. The van der Waals surface area contributed by atoms with Crippen LogP contribution in [0.4, 0.5) is 20.2 Å². The largest absolute Gasteiger partial charge is 0.324 e. The number of amides is 2. The molecule has 2 amide bonds. The van der Waals surface area contributed by atoms with Crippen LogP contribution in [-0.4, -0.2) is 11.8 Å². The number of carbonyl (C=O) groups excluding carboxylic acids is 2. The molecule has 1 fully saturated rings. The zero-order valence-corrected chi connectivity index (χ0v) is 14.2. The van der Waals surface area contributed by atoms with Gasteiger partial charge in [-0.3, -0.25) is 9.59 Å². The second-order valence-corrected chi connectivity index (χ2v) is 6.41. The van der Waals surface area contributed by atoms with Crippen LogP contribution in [0.15, 0.2) is 36.4 Å². The lowest BCUT2D eigenvalue weighted by atomic mass is 10.2. The summed E-state index contributed by atoms with van der Waals surface area (Å²) in [5, 5.41) is 5.29. The van der Waals surface area contributed by atoms with Gasteiger partial charge < -0.3 is 10.6 Å². The highest BCUT2D eigenvalue weighted by molar-refractivity contribution is 6.44. The molecule has 0 radical (unpaired) electrons. The highest BCUT2D eigenvalue weighted by Crippen LogP contribution is 2.41. The summed E-state index contributed by atoms with van der Waals surface area (Å²) in [6.07, 6.45) is 0.284. The Morgan fingerprint density at radius 1 is 0.920 bits per heavy atom. The van der Waals surface area contributed by atoms with Crippen molar-refractivity contribution in [2.24, 2.45) is 11.8 Å². The van der Waals surface area contributed by atoms with Crippen LogP contribution in [0.3, 0.4) is 0 Å². The molecule has 0 bridgehead atoms. The van der Waals surface area contributed by atoms with Gasteiger partial charge in [-0.1, -0.05) is 35.3 Å². The quantitative estimate of drug-likeness (QED) is 0.815. The summed E-state index contributed by atoms with van der Waals surface area (Å²) >= 11 is 11.9. The maximum absolute atomic E-state index is 13.6. The van der Waals surface area contributed by atoms with Crippen molar-refractivity contribution < 1.29 is 18.4 Å². The van der Waals surface area contributed by atoms with E-state index in [-0.39, 0.29) is 11.4 Å². The first-order chi connectivity index (χ1) is 11.9. The van der Waals surface area contributed by atoms with E-state index < -0.39 is 41.0 Å². The minimum Gasteiger partial charge on any atom is -0.324 e. The normalized spacial score (nSPS) is 18.6. The van der Waals surface area contributed by atoms with Crippen molar-refractivity contribution in [3.05, 3.63) is 58.1 Å². The van der Waals surface area contributed by atoms with Gasteiger partial charge in [-0.25, -0.2) is 8.78 Å². The van der Waals surface area contributed by atoms with E-state index in [1.54, 1.807) is 18.2 Å². The standard InChI is InChI=1S/C17H12Cl2F2N2O2/c18-10-3-1-6-13(14(10)19)22-16(24)8-7-9(8)17(25)23-15-11(20)4-2-5-12(15)21/h1-6,8-9H,7H2,(H,22,24)(H,23,25). The first-order valence-corrected chi connectivity index (χ1v) is 8.14. The number of hydrogen-bond acceptors (Lipinski definition) is 2. The van der Waals surface area contributed by atoms with Crippen LogP contribution in [0, 0.1) is 23.5 Å². The zero-order chi connectivity index (χ0) is 18.1. The minimum atomic E-state index is -0.874. The third-order valence-electron chi connectivity index (χ3n) is 3.88. The Bertz CT molecular complexity index is 840. The molecule has 1 aliphatic carbocycles. The Balaban J connectivity index is 1.63. The monoisotopic (exact) mass is 384 g/mol. The third kappa shape index (κ3) is 3.75. The number of anilines is 2. The molecule has 130 valence electrons. The van der Waals surface area contributed by atoms with E-state index in [4.69, 9.17) is 23.2 Å². The molecule has 0 spiro atoms. The van der Waals surface area contributed by atoms with Crippen LogP contribution >= 0.6 is 23.2 Å². The average molecular weight is 385 g/mol. The molecule has 1 aliphatic rings. The van der Waals surface area contributed by atoms with E-state index >= 15 is 0 Å². The Kier molecular flexibility index (Phi) is 4.92. The summed E-state index contributed by atoms with van der Waals surface area (Å²) in [6, 6.07) is 8.06. The highest BCUT2D eigenvalue weighted by atomic mass is 35.5. The molecular weight excluding hydrogens is 373 g/mol. The van der Waals surface area contributed by atoms with Crippen molar-refractivity contribution in [3.63, 3.8) is 0 Å². The topological polar surface area (TPSA) is 58.2 Å². The smallest absolute Gasteiger partial charge is 0.228 e. The van der Waals surface area contributed by atoms with Gasteiger partial charge in [-0.2, -0.15) is 0 Å². The highest BCUT2D eigenvalue weighted by Gasteiger charge is 2.48. The Hall–Kier alpha value is -2.18. The van der Waals surface area contributed by atoms with Gasteiger partial charge in [0.05, 0.1) is 27.6 Å². The van der Waals surface area contributed by atoms with Gasteiger partial charge in [0, 0.05) is 0 Å². The molecule has 0 saturated heterocycles. The summed E-state index contributed by atoms with van der Waals surface area (Å²) in [5.41, 5.74) is -0.179. The summed E-state index contributed by atoms with van der Waals surface area (Å²) in [4.78, 5) is 24.3. The summed E-state index contributed by atoms with van der Waals surface area (Å²) in [7, 11) is 0. The lowest BCUT2D eigenvalue weighted by Gasteiger charge is -2.09. The fourth-order valence-electron chi connectivity index (χ4n) is 2.43. The first-order valence-electron chi connectivity index (χ1n) is 7.38. The van der Waals surface area contributed by atoms with Crippen molar-refractivity contribution in [2.75, 3.05) is 10.6 Å². The summed E-state index contributed by atoms with van der Waals surface area (Å²) < 4.78 is 27.1. The number of hydrogen-bond donors (Lipinski definition) is 2. The molecule has 2 atom stereocenters. The SMILES string of the molecule is O=C(Nc1cccc(Cl)c1Cl)C1CC1C(=O)Nc1c(F)cccc1F. The van der Waals surface area contributed by atoms with Gasteiger partial charge in [0.15, 0.2) is 0 Å². The molecule has 1 saturated carbocycles. The Labute approximate surface area is 152 Å². The van der Waals surface area contributed by atoms with Gasteiger partial charge in [-0.05, 0) is 30.7 Å². The van der Waals surface area contributed by atoms with Gasteiger partial charge in [0.1, 0.15) is 17.3 Å². The summed E-state index contributed by atoms with van der Waals surface area (Å²) in [5.74, 6) is -4.01. The Morgan fingerprint density at radius 3 is 2.12 bits per heavy atom. The molecule has 25 heavy (non-hydrogen) atoms. The molecule has 0 aliphatic heterocycles. The molecule has 0 aromatic heterocycles. The van der Waals surface area contributed by atoms with Crippen molar-refractivity contribution in [1.29, 1.82) is 0 Å². The number of benzene rings is 2. The van der Waals surface area contributed by atoms with Crippen molar-refractivity contribution in [1.82, 2.24) is 0 Å². The molecule has 2 aromatic carbocycles. The second kappa shape index (κ2) is 6.98. The molecule has 8 heteroatoms. The van der Waals surface area contributed by atoms with Gasteiger partial charge >= 0.3 is 0 Å². The van der Waals surface area contributed by atoms with Crippen LogP contribution in [0.1, 0.15) is 6.42 Å². The van der Waals surface area contributed by atoms with E-state index in [0.717, 1.165) is 12.1 Å². The molecule has 2 N–H and O–H groups in total. The maximum Gasteiger partial charge on any atom is 0.228 e. The molecule has 4 nitrogen and oxygen atoms in total. The second-order valence-electron chi connectivity index (χ2n) is 5.63. The van der Waals surface area contributed by atoms with Crippen molar-refractivity contribution in [2.45, 2.75) is 6.42 Å². The van der Waals surface area contributed by atoms with Crippen LogP contribution < -0.4 is 10.6 Å². The van der Waals surface area contributed by atoms with E-state index in [1.165, 1.54) is 6.07 Å². The predicted octanol–water partition coefficient (Wildman–Crippen LogP) is 4.48. The maximum atomic E-state index is 13.6. The van der Waals surface area contributed by atoms with Crippen LogP contribution in [-0.2, 0) is 9.59 Å². The lowest BCUT2D eigenvalue weighted by molar-refractivity contribution is -0.122. The fraction of sp³-hybridized carbons (Fsp3) is 0.176. The molecule has 3 rings (SSSR count). The number of para-hydroxylation sites is 1. The van der Waals surface area contributed by atoms with Crippen LogP contribution in [0.25, 0.3) is 0 Å². The van der Waals surface area contributed by atoms with Gasteiger partial charge in [0.25, 0.3) is 0 Å². The number of carbonyl (C=O) groups is 2. The van der Waals surface area contributed by atoms with E-state index in [1.807, 2.05) is 0 Å². The fourth-order valence-corrected chi connectivity index (χ4v) is 2.78. The number of rotatable bonds is 4. The lowest BCUT2D eigenvalue weighted by Crippen LogP contribution is -2.21. The zero-order valence-electron chi connectivity index (χ0n) is 12.7.